The zero-order valence-corrected chi connectivity index (χ0v) is 10.4. The number of aromatic nitrogens is 1. The molecule has 1 rings (SSSR count). The standard InChI is InChI=1S/C11H17N3O3/c1-11(2,3)17-10(15)13-7-5-8(12)14-9(6-7)16-4/h5-6H,1-4H3,(H3,12,13,14,15). The van der Waals surface area contributed by atoms with Gasteiger partial charge in [-0.25, -0.2) is 4.79 Å². The number of rotatable bonds is 2. The van der Waals surface area contributed by atoms with Crippen LogP contribution in [0.5, 0.6) is 5.88 Å². The fourth-order valence-electron chi connectivity index (χ4n) is 1.12. The Hall–Kier alpha value is -1.98. The smallest absolute Gasteiger partial charge is 0.412 e. The molecule has 0 radical (unpaired) electrons. The van der Waals surface area contributed by atoms with Gasteiger partial charge in [-0.05, 0) is 20.8 Å². The van der Waals surface area contributed by atoms with Gasteiger partial charge in [0.1, 0.15) is 11.4 Å². The summed E-state index contributed by atoms with van der Waals surface area (Å²) in [5.74, 6) is 0.589. The fraction of sp³-hybridized carbons (Fsp3) is 0.455. The lowest BCUT2D eigenvalue weighted by Gasteiger charge is -2.19. The summed E-state index contributed by atoms with van der Waals surface area (Å²) < 4.78 is 10.0. The second-order valence-corrected chi connectivity index (χ2v) is 4.45. The lowest BCUT2D eigenvalue weighted by Crippen LogP contribution is -2.27. The molecule has 0 fully saturated rings. The van der Waals surface area contributed by atoms with Crippen LogP contribution in [0.25, 0.3) is 0 Å². The molecule has 0 aliphatic heterocycles. The predicted octanol–water partition coefficient (Wildman–Crippen LogP) is 2.02. The summed E-state index contributed by atoms with van der Waals surface area (Å²) >= 11 is 0. The highest BCUT2D eigenvalue weighted by molar-refractivity contribution is 5.85. The number of amides is 1. The third kappa shape index (κ3) is 4.58. The minimum absolute atomic E-state index is 0.260. The molecule has 1 aromatic heterocycles. The van der Waals surface area contributed by atoms with Crippen LogP contribution in [0.1, 0.15) is 20.8 Å². The van der Waals surface area contributed by atoms with E-state index in [2.05, 4.69) is 10.3 Å². The van der Waals surface area contributed by atoms with Gasteiger partial charge in [0.25, 0.3) is 0 Å². The van der Waals surface area contributed by atoms with Crippen LogP contribution in [-0.2, 0) is 4.74 Å². The van der Waals surface area contributed by atoms with Crippen molar-refractivity contribution < 1.29 is 14.3 Å². The van der Waals surface area contributed by atoms with Crippen molar-refractivity contribution in [1.82, 2.24) is 4.98 Å². The van der Waals surface area contributed by atoms with E-state index in [1.165, 1.54) is 13.2 Å². The maximum absolute atomic E-state index is 11.5. The van der Waals surface area contributed by atoms with Crippen LogP contribution in [0.3, 0.4) is 0 Å². The van der Waals surface area contributed by atoms with Crippen molar-refractivity contribution in [1.29, 1.82) is 0 Å². The molecule has 3 N–H and O–H groups in total. The number of hydrogen-bond acceptors (Lipinski definition) is 5. The summed E-state index contributed by atoms with van der Waals surface area (Å²) in [5.41, 5.74) is 5.48. The van der Waals surface area contributed by atoms with Gasteiger partial charge in [-0.15, -0.1) is 0 Å². The molecule has 0 spiro atoms. The monoisotopic (exact) mass is 239 g/mol. The molecule has 0 saturated carbocycles. The third-order valence-electron chi connectivity index (χ3n) is 1.68. The van der Waals surface area contributed by atoms with Gasteiger partial charge in [0, 0.05) is 12.1 Å². The van der Waals surface area contributed by atoms with Crippen molar-refractivity contribution in [2.75, 3.05) is 18.2 Å². The lowest BCUT2D eigenvalue weighted by atomic mass is 10.2. The Morgan fingerprint density at radius 1 is 1.41 bits per heavy atom. The molecule has 0 aliphatic carbocycles. The van der Waals surface area contributed by atoms with Crippen LogP contribution in [-0.4, -0.2) is 23.8 Å². The number of carbonyl (C=O) groups is 1. The first kappa shape index (κ1) is 13.1. The molecule has 0 saturated heterocycles. The number of anilines is 2. The summed E-state index contributed by atoms with van der Waals surface area (Å²) in [6, 6.07) is 3.08. The van der Waals surface area contributed by atoms with Crippen molar-refractivity contribution in [3.8, 4) is 5.88 Å². The molecule has 0 bridgehead atoms. The van der Waals surface area contributed by atoms with Gasteiger partial charge < -0.3 is 15.2 Å². The first-order valence-corrected chi connectivity index (χ1v) is 5.12. The molecule has 1 aromatic rings. The molecule has 1 heterocycles. The van der Waals surface area contributed by atoms with E-state index in [0.717, 1.165) is 0 Å². The highest BCUT2D eigenvalue weighted by Gasteiger charge is 2.16. The lowest BCUT2D eigenvalue weighted by molar-refractivity contribution is 0.0636. The summed E-state index contributed by atoms with van der Waals surface area (Å²) in [4.78, 5) is 15.4. The van der Waals surface area contributed by atoms with Crippen LogP contribution in [0, 0.1) is 0 Å². The van der Waals surface area contributed by atoms with Crippen LogP contribution < -0.4 is 15.8 Å². The average molecular weight is 239 g/mol. The van der Waals surface area contributed by atoms with Crippen LogP contribution in [0.2, 0.25) is 0 Å². The molecule has 6 nitrogen and oxygen atoms in total. The van der Waals surface area contributed by atoms with Gasteiger partial charge >= 0.3 is 6.09 Å². The minimum atomic E-state index is -0.551. The van der Waals surface area contributed by atoms with Crippen LogP contribution >= 0.6 is 0 Å². The van der Waals surface area contributed by atoms with E-state index in [0.29, 0.717) is 11.6 Å². The van der Waals surface area contributed by atoms with Crippen molar-refractivity contribution in [3.63, 3.8) is 0 Å². The molecule has 0 atom stereocenters. The van der Waals surface area contributed by atoms with E-state index in [4.69, 9.17) is 15.2 Å². The average Bonchev–Trinajstić information content (AvgIpc) is 2.13. The maximum Gasteiger partial charge on any atom is 0.412 e. The third-order valence-corrected chi connectivity index (χ3v) is 1.68. The highest BCUT2D eigenvalue weighted by Crippen LogP contribution is 2.19. The van der Waals surface area contributed by atoms with E-state index >= 15 is 0 Å². The predicted molar refractivity (Wildman–Crippen MR) is 65.1 cm³/mol. The van der Waals surface area contributed by atoms with E-state index in [1.807, 2.05) is 0 Å². The Morgan fingerprint density at radius 3 is 2.59 bits per heavy atom. The highest BCUT2D eigenvalue weighted by atomic mass is 16.6. The summed E-state index contributed by atoms with van der Waals surface area (Å²) in [6.07, 6.45) is -0.551. The zero-order valence-electron chi connectivity index (χ0n) is 10.4. The number of methoxy groups -OCH3 is 1. The number of nitrogens with two attached hydrogens (primary N) is 1. The minimum Gasteiger partial charge on any atom is -0.481 e. The van der Waals surface area contributed by atoms with Crippen molar-refractivity contribution in [3.05, 3.63) is 12.1 Å². The van der Waals surface area contributed by atoms with E-state index in [-0.39, 0.29) is 5.82 Å². The second-order valence-electron chi connectivity index (χ2n) is 4.45. The van der Waals surface area contributed by atoms with Crippen molar-refractivity contribution in [2.24, 2.45) is 0 Å². The topological polar surface area (TPSA) is 86.5 Å². The fourth-order valence-corrected chi connectivity index (χ4v) is 1.12. The molecule has 1 amide bonds. The quantitative estimate of drug-likeness (QED) is 0.824. The van der Waals surface area contributed by atoms with Crippen molar-refractivity contribution in [2.45, 2.75) is 26.4 Å². The largest absolute Gasteiger partial charge is 0.481 e. The maximum atomic E-state index is 11.5. The number of carbonyl (C=O) groups excluding carboxylic acids is 1. The molecule has 6 heteroatoms. The number of pyridine rings is 1. The second kappa shape index (κ2) is 4.90. The SMILES string of the molecule is COc1cc(NC(=O)OC(C)(C)C)cc(N)n1. The first-order chi connectivity index (χ1) is 7.80. The summed E-state index contributed by atoms with van der Waals surface area (Å²) in [7, 11) is 1.47. The van der Waals surface area contributed by atoms with Crippen LogP contribution in [0.4, 0.5) is 16.3 Å². The molecule has 0 aromatic carbocycles. The number of nitrogens with one attached hydrogen (secondary N) is 1. The molecule has 94 valence electrons. The Bertz CT molecular complexity index is 413. The van der Waals surface area contributed by atoms with E-state index < -0.39 is 11.7 Å². The Balaban J connectivity index is 2.74. The summed E-state index contributed by atoms with van der Waals surface area (Å²) in [5, 5.41) is 2.55. The first-order valence-electron chi connectivity index (χ1n) is 5.12. The Morgan fingerprint density at radius 2 is 2.06 bits per heavy atom. The van der Waals surface area contributed by atoms with Crippen molar-refractivity contribution >= 4 is 17.6 Å². The number of nitrogens with zero attached hydrogens (tertiary/aromatic N) is 1. The normalized spacial score (nSPS) is 10.8. The van der Waals surface area contributed by atoms with Gasteiger partial charge in [0.15, 0.2) is 0 Å². The van der Waals surface area contributed by atoms with Gasteiger partial charge in [0.05, 0.1) is 12.8 Å². The number of hydrogen-bond donors (Lipinski definition) is 2. The molecule has 0 aliphatic rings. The van der Waals surface area contributed by atoms with Gasteiger partial charge in [-0.3, -0.25) is 5.32 Å². The Labute approximate surface area is 100 Å². The summed E-state index contributed by atoms with van der Waals surface area (Å²) in [6.45, 7) is 5.36. The Kier molecular flexibility index (Phi) is 3.77. The van der Waals surface area contributed by atoms with E-state index in [9.17, 15) is 4.79 Å². The molecular formula is C11H17N3O3. The van der Waals surface area contributed by atoms with Gasteiger partial charge in [0.2, 0.25) is 5.88 Å². The van der Waals surface area contributed by atoms with E-state index in [1.54, 1.807) is 26.8 Å². The molecule has 17 heavy (non-hydrogen) atoms. The molecule has 0 unspecified atom stereocenters. The van der Waals surface area contributed by atoms with Gasteiger partial charge in [-0.2, -0.15) is 4.98 Å². The molecular weight excluding hydrogens is 222 g/mol. The zero-order chi connectivity index (χ0) is 13.1. The van der Waals surface area contributed by atoms with Gasteiger partial charge in [-0.1, -0.05) is 0 Å². The number of nitrogen functional groups attached to an aromatic ring is 1. The van der Waals surface area contributed by atoms with Crippen LogP contribution in [0.15, 0.2) is 12.1 Å². The number of ether oxygens (including phenoxy) is 2.